The summed E-state index contributed by atoms with van der Waals surface area (Å²) < 4.78 is 5.93. The molecule has 1 aromatic heterocycles. The van der Waals surface area contributed by atoms with Gasteiger partial charge in [0.25, 0.3) is 5.91 Å². The quantitative estimate of drug-likeness (QED) is 0.449. The topological polar surface area (TPSA) is 58.6 Å². The average Bonchev–Trinajstić information content (AvgIpc) is 3.11. The van der Waals surface area contributed by atoms with Gasteiger partial charge in [-0.05, 0) is 41.8 Å². The Morgan fingerprint density at radius 2 is 1.84 bits per heavy atom. The van der Waals surface area contributed by atoms with Crippen LogP contribution in [0.4, 0.5) is 5.00 Å². The predicted octanol–water partition coefficient (Wildman–Crippen LogP) is 5.53. The third kappa shape index (κ3) is 5.36. The lowest BCUT2D eigenvalue weighted by Gasteiger charge is -2.27. The van der Waals surface area contributed by atoms with Crippen molar-refractivity contribution in [2.75, 3.05) is 19.0 Å². The fourth-order valence-corrected chi connectivity index (χ4v) is 5.15. The zero-order chi connectivity index (χ0) is 21.1. The average molecular weight is 522 g/mol. The second-order valence-electron chi connectivity index (χ2n) is 7.11. The van der Waals surface area contributed by atoms with Crippen molar-refractivity contribution < 1.29 is 14.3 Å². The van der Waals surface area contributed by atoms with Crippen LogP contribution in [0.5, 0.6) is 0 Å². The summed E-state index contributed by atoms with van der Waals surface area (Å²) in [5, 5.41) is 3.48. The first-order valence-electron chi connectivity index (χ1n) is 9.61. The smallest absolute Gasteiger partial charge is 0.341 e. The van der Waals surface area contributed by atoms with Crippen LogP contribution in [0.2, 0.25) is 0 Å². The number of anilines is 1. The van der Waals surface area contributed by atoms with Crippen LogP contribution in [-0.2, 0) is 24.2 Å². The summed E-state index contributed by atoms with van der Waals surface area (Å²) in [5.41, 5.74) is 3.27. The van der Waals surface area contributed by atoms with E-state index in [4.69, 9.17) is 4.74 Å². The second kappa shape index (κ2) is 10.4. The van der Waals surface area contributed by atoms with Gasteiger partial charge in [0.15, 0.2) is 0 Å². The monoisotopic (exact) mass is 520 g/mol. The molecule has 2 heterocycles. The number of carbonyl (C=O) groups is 2. The number of carbonyl (C=O) groups excluding carboxylic acids is 2. The van der Waals surface area contributed by atoms with Gasteiger partial charge in [-0.1, -0.05) is 46.3 Å². The molecule has 0 spiro atoms. The third-order valence-corrected chi connectivity index (χ3v) is 6.77. The maximum Gasteiger partial charge on any atom is 0.341 e. The highest BCUT2D eigenvalue weighted by Gasteiger charge is 2.29. The molecule has 31 heavy (non-hydrogen) atoms. The van der Waals surface area contributed by atoms with Crippen LogP contribution in [0.1, 0.15) is 36.7 Å². The van der Waals surface area contributed by atoms with E-state index in [-0.39, 0.29) is 18.3 Å². The Balaban J connectivity index is 0.00000272. The second-order valence-corrected chi connectivity index (χ2v) is 9.13. The van der Waals surface area contributed by atoms with E-state index in [0.717, 1.165) is 41.0 Å². The molecule has 5 nitrogen and oxygen atoms in total. The van der Waals surface area contributed by atoms with Crippen LogP contribution in [0.25, 0.3) is 0 Å². The zero-order valence-corrected chi connectivity index (χ0v) is 20.1. The number of benzene rings is 2. The molecule has 1 amide bonds. The standard InChI is InChI=1S/C23H21BrN2O3S.ClH/c1-29-23(28)20-18-11-12-26(13-15-5-3-2-4-6-15)14-19(18)30-22(20)25-21(27)16-7-9-17(24)10-8-16;/h2-10H,11-14H2,1H3,(H,25,27);1H. The molecule has 1 aliphatic rings. The molecule has 0 aliphatic carbocycles. The number of hydrogen-bond acceptors (Lipinski definition) is 5. The van der Waals surface area contributed by atoms with E-state index in [1.165, 1.54) is 24.0 Å². The van der Waals surface area contributed by atoms with Crippen LogP contribution >= 0.6 is 39.7 Å². The minimum absolute atomic E-state index is 0. The summed E-state index contributed by atoms with van der Waals surface area (Å²) in [6.07, 6.45) is 0.747. The maximum absolute atomic E-state index is 12.7. The summed E-state index contributed by atoms with van der Waals surface area (Å²) in [6, 6.07) is 17.5. The van der Waals surface area contributed by atoms with E-state index < -0.39 is 5.97 Å². The molecular weight excluding hydrogens is 500 g/mol. The maximum atomic E-state index is 12.7. The zero-order valence-electron chi connectivity index (χ0n) is 16.9. The lowest BCUT2D eigenvalue weighted by molar-refractivity contribution is 0.0600. The molecule has 0 bridgehead atoms. The number of ether oxygens (including phenoxy) is 1. The van der Waals surface area contributed by atoms with Crippen molar-refractivity contribution in [2.45, 2.75) is 19.5 Å². The number of rotatable bonds is 5. The Morgan fingerprint density at radius 3 is 2.52 bits per heavy atom. The Labute approximate surface area is 200 Å². The molecular formula is C23H22BrClN2O3S. The first-order valence-corrected chi connectivity index (χ1v) is 11.2. The van der Waals surface area contributed by atoms with Gasteiger partial charge < -0.3 is 10.1 Å². The predicted molar refractivity (Wildman–Crippen MR) is 129 cm³/mol. The highest BCUT2D eigenvalue weighted by Crippen LogP contribution is 2.38. The highest BCUT2D eigenvalue weighted by molar-refractivity contribution is 9.10. The van der Waals surface area contributed by atoms with Gasteiger partial charge in [-0.25, -0.2) is 4.79 Å². The largest absolute Gasteiger partial charge is 0.465 e. The molecule has 1 aliphatic heterocycles. The lowest BCUT2D eigenvalue weighted by Crippen LogP contribution is -2.29. The summed E-state index contributed by atoms with van der Waals surface area (Å²) in [6.45, 7) is 2.45. The van der Waals surface area contributed by atoms with Gasteiger partial charge in [-0.2, -0.15) is 0 Å². The summed E-state index contributed by atoms with van der Waals surface area (Å²) in [5.74, 6) is -0.650. The molecule has 0 radical (unpaired) electrons. The van der Waals surface area contributed by atoms with Crippen molar-refractivity contribution in [3.8, 4) is 0 Å². The van der Waals surface area contributed by atoms with Crippen LogP contribution in [-0.4, -0.2) is 30.4 Å². The van der Waals surface area contributed by atoms with Gasteiger partial charge in [0.2, 0.25) is 0 Å². The number of nitrogens with zero attached hydrogens (tertiary/aromatic N) is 1. The number of fused-ring (bicyclic) bond motifs is 1. The lowest BCUT2D eigenvalue weighted by atomic mass is 10.0. The minimum Gasteiger partial charge on any atom is -0.465 e. The molecule has 4 rings (SSSR count). The summed E-state index contributed by atoms with van der Waals surface area (Å²) in [7, 11) is 1.37. The fraction of sp³-hybridized carbons (Fsp3) is 0.217. The molecule has 8 heteroatoms. The normalized spacial score (nSPS) is 13.1. The Bertz CT molecular complexity index is 1070. The number of esters is 1. The van der Waals surface area contributed by atoms with Gasteiger partial charge >= 0.3 is 5.97 Å². The fourth-order valence-electron chi connectivity index (χ4n) is 3.62. The van der Waals surface area contributed by atoms with E-state index in [9.17, 15) is 9.59 Å². The number of nitrogens with one attached hydrogen (secondary N) is 1. The van der Waals surface area contributed by atoms with E-state index in [1.54, 1.807) is 12.1 Å². The highest BCUT2D eigenvalue weighted by atomic mass is 79.9. The Kier molecular flexibility index (Phi) is 7.89. The third-order valence-electron chi connectivity index (χ3n) is 5.11. The molecule has 0 saturated heterocycles. The molecule has 3 aromatic rings. The molecule has 0 atom stereocenters. The number of amides is 1. The van der Waals surface area contributed by atoms with Crippen molar-refractivity contribution in [1.29, 1.82) is 0 Å². The van der Waals surface area contributed by atoms with Gasteiger partial charge in [0.1, 0.15) is 5.00 Å². The van der Waals surface area contributed by atoms with Gasteiger partial charge in [0.05, 0.1) is 12.7 Å². The molecule has 2 aromatic carbocycles. The van der Waals surface area contributed by atoms with E-state index in [2.05, 4.69) is 38.3 Å². The van der Waals surface area contributed by atoms with Crippen molar-refractivity contribution in [3.63, 3.8) is 0 Å². The molecule has 0 saturated carbocycles. The number of thiophene rings is 1. The summed E-state index contributed by atoms with van der Waals surface area (Å²) in [4.78, 5) is 28.7. The van der Waals surface area contributed by atoms with E-state index in [1.807, 2.05) is 30.3 Å². The van der Waals surface area contributed by atoms with Gasteiger partial charge in [-0.3, -0.25) is 9.69 Å². The number of halogens is 2. The molecule has 1 N–H and O–H groups in total. The molecule has 0 fully saturated rings. The number of hydrogen-bond donors (Lipinski definition) is 1. The first-order chi connectivity index (χ1) is 14.5. The Morgan fingerprint density at radius 1 is 1.13 bits per heavy atom. The van der Waals surface area contributed by atoms with Crippen LogP contribution < -0.4 is 5.32 Å². The minimum atomic E-state index is -0.407. The van der Waals surface area contributed by atoms with Crippen LogP contribution in [0, 0.1) is 0 Å². The van der Waals surface area contributed by atoms with Crippen molar-refractivity contribution in [1.82, 2.24) is 4.90 Å². The number of methoxy groups -OCH3 is 1. The van der Waals surface area contributed by atoms with Crippen LogP contribution in [0.3, 0.4) is 0 Å². The van der Waals surface area contributed by atoms with Crippen molar-refractivity contribution in [2.24, 2.45) is 0 Å². The van der Waals surface area contributed by atoms with Crippen LogP contribution in [0.15, 0.2) is 59.1 Å². The summed E-state index contributed by atoms with van der Waals surface area (Å²) >= 11 is 4.84. The SMILES string of the molecule is COC(=O)c1c(NC(=O)c2ccc(Br)cc2)sc2c1CCN(Cc1ccccc1)C2.Cl. The van der Waals surface area contributed by atoms with Gasteiger partial charge in [-0.15, -0.1) is 23.7 Å². The molecule has 162 valence electrons. The van der Waals surface area contributed by atoms with Gasteiger partial charge in [0, 0.05) is 34.5 Å². The van der Waals surface area contributed by atoms with E-state index >= 15 is 0 Å². The van der Waals surface area contributed by atoms with Crippen molar-refractivity contribution >= 4 is 56.6 Å². The first kappa shape index (κ1) is 23.5. The van der Waals surface area contributed by atoms with Crippen molar-refractivity contribution in [3.05, 3.63) is 86.2 Å². The Hall–Kier alpha value is -2.19. The van der Waals surface area contributed by atoms with E-state index in [0.29, 0.717) is 16.1 Å². The molecule has 0 unspecified atom stereocenters.